The van der Waals surface area contributed by atoms with E-state index in [0.29, 0.717) is 36.2 Å². The number of nitrogens with zero attached hydrogens (tertiary/aromatic N) is 7. The molecule has 47 heavy (non-hydrogen) atoms. The Balaban J connectivity index is 1.37. The highest BCUT2D eigenvalue weighted by molar-refractivity contribution is 6.31. The summed E-state index contributed by atoms with van der Waals surface area (Å²) >= 11 is 6.07. The lowest BCUT2D eigenvalue weighted by molar-refractivity contribution is -0.136. The van der Waals surface area contributed by atoms with Crippen LogP contribution >= 0.6 is 11.6 Å². The van der Waals surface area contributed by atoms with E-state index in [4.69, 9.17) is 11.6 Å². The van der Waals surface area contributed by atoms with Crippen LogP contribution in [0.25, 0.3) is 11.8 Å². The number of ketones is 2. The molecule has 1 atom stereocenters. The number of carbonyl (C=O) groups excluding carboxylic acids is 4. The Morgan fingerprint density at radius 3 is 2.51 bits per heavy atom. The summed E-state index contributed by atoms with van der Waals surface area (Å²) in [6, 6.07) is 14.2. The minimum Gasteiger partial charge on any atom is -0.325 e. The molecule has 11 nitrogen and oxygen atoms in total. The van der Waals surface area contributed by atoms with Crippen molar-refractivity contribution in [1.82, 2.24) is 30.0 Å². The number of hydrogen-bond donors (Lipinski definition) is 0. The number of hydrogen-bond acceptors (Lipinski definition) is 8. The molecule has 1 fully saturated rings. The second kappa shape index (κ2) is 13.3. The lowest BCUT2D eigenvalue weighted by atomic mass is 9.86. The van der Waals surface area contributed by atoms with Crippen LogP contribution in [0, 0.1) is 5.82 Å². The number of benzene rings is 3. The van der Waals surface area contributed by atoms with Crippen molar-refractivity contribution in [3.63, 3.8) is 0 Å². The molecule has 0 aliphatic carbocycles. The number of aromatic nitrogens is 4. The van der Waals surface area contributed by atoms with Gasteiger partial charge in [0.1, 0.15) is 12.4 Å². The topological polar surface area (TPSA) is 122 Å². The fourth-order valence-corrected chi connectivity index (χ4v) is 6.29. The van der Waals surface area contributed by atoms with E-state index < -0.39 is 17.8 Å². The van der Waals surface area contributed by atoms with Gasteiger partial charge in [0.05, 0.1) is 17.3 Å². The van der Waals surface area contributed by atoms with Crippen LogP contribution in [0.5, 0.6) is 0 Å². The average Bonchev–Trinajstić information content (AvgIpc) is 3.60. The number of tetrazole rings is 1. The third-order valence-electron chi connectivity index (χ3n) is 8.52. The first-order valence-electron chi connectivity index (χ1n) is 15.1. The fourth-order valence-electron chi connectivity index (χ4n) is 6.12. The van der Waals surface area contributed by atoms with Crippen LogP contribution in [0.1, 0.15) is 45.6 Å². The lowest BCUT2D eigenvalue weighted by Crippen LogP contribution is -2.50. The molecule has 1 aromatic heterocycles. The summed E-state index contributed by atoms with van der Waals surface area (Å²) in [5.74, 6) is -1.63. The molecule has 0 saturated carbocycles. The van der Waals surface area contributed by atoms with Crippen LogP contribution in [-0.4, -0.2) is 86.6 Å². The normalized spacial score (nSPS) is 16.9. The van der Waals surface area contributed by atoms with Gasteiger partial charge in [0.2, 0.25) is 11.8 Å². The Bertz CT molecular complexity index is 1900. The minimum atomic E-state index is -0.978. The van der Waals surface area contributed by atoms with Gasteiger partial charge >= 0.3 is 0 Å². The van der Waals surface area contributed by atoms with Crippen molar-refractivity contribution in [3.05, 3.63) is 106 Å². The van der Waals surface area contributed by atoms with Crippen molar-refractivity contribution in [1.29, 1.82) is 0 Å². The number of amides is 2. The zero-order valence-corrected chi connectivity index (χ0v) is 26.5. The van der Waals surface area contributed by atoms with Gasteiger partial charge < -0.3 is 9.80 Å². The van der Waals surface area contributed by atoms with Gasteiger partial charge in [-0.3, -0.25) is 24.1 Å². The maximum absolute atomic E-state index is 15.2. The first-order chi connectivity index (χ1) is 22.6. The largest absolute Gasteiger partial charge is 0.325 e. The molecule has 2 aliphatic heterocycles. The fraction of sp³-hybridized carbons (Fsp3) is 0.265. The molecule has 0 radical (unpaired) electrons. The summed E-state index contributed by atoms with van der Waals surface area (Å²) in [7, 11) is 1.89. The lowest BCUT2D eigenvalue weighted by Gasteiger charge is -2.39. The summed E-state index contributed by atoms with van der Waals surface area (Å²) in [6.07, 6.45) is 4.22. The molecule has 1 unspecified atom stereocenters. The Morgan fingerprint density at radius 1 is 1.02 bits per heavy atom. The zero-order chi connectivity index (χ0) is 33.2. The standard InChI is InChI=1S/C34H31ClFN7O4/c1-21(44)23-8-6-22(7-9-23)18-30(45)34-25-4-3-5-28(41-17-16-40(2)19-32(41)47)24(25)14-15-42(34)31(46)13-10-26-29(43-20-37-38-39-43)12-11-27(35)33(26)36/h3-13,20,34H,14-19H2,1-2H3/b13-10+. The van der Waals surface area contributed by atoms with Gasteiger partial charge in [-0.1, -0.05) is 48.0 Å². The van der Waals surface area contributed by atoms with Gasteiger partial charge in [-0.15, -0.1) is 5.10 Å². The number of anilines is 1. The van der Waals surface area contributed by atoms with Crippen molar-refractivity contribution < 1.29 is 23.6 Å². The summed E-state index contributed by atoms with van der Waals surface area (Å²) in [4.78, 5) is 58.1. The van der Waals surface area contributed by atoms with Crippen LogP contribution in [0.3, 0.4) is 0 Å². The summed E-state index contributed by atoms with van der Waals surface area (Å²) < 4.78 is 16.5. The van der Waals surface area contributed by atoms with Crippen molar-refractivity contribution in [2.45, 2.75) is 25.8 Å². The number of piperazine rings is 1. The molecular weight excluding hydrogens is 625 g/mol. The van der Waals surface area contributed by atoms with Crippen LogP contribution in [0.2, 0.25) is 5.02 Å². The second-order valence-electron chi connectivity index (χ2n) is 11.6. The van der Waals surface area contributed by atoms with Gasteiger partial charge in [0, 0.05) is 48.9 Å². The molecule has 2 amide bonds. The van der Waals surface area contributed by atoms with Crippen molar-refractivity contribution in [2.24, 2.45) is 0 Å². The molecule has 3 heterocycles. The van der Waals surface area contributed by atoms with Gasteiger partial charge in [0.25, 0.3) is 0 Å². The van der Waals surface area contributed by atoms with Crippen LogP contribution in [0.4, 0.5) is 10.1 Å². The predicted octanol–water partition coefficient (Wildman–Crippen LogP) is 3.89. The first-order valence-corrected chi connectivity index (χ1v) is 15.4. The average molecular weight is 656 g/mol. The highest BCUT2D eigenvalue weighted by atomic mass is 35.5. The molecular formula is C34H31ClFN7O4. The van der Waals surface area contributed by atoms with Crippen molar-refractivity contribution >= 4 is 46.7 Å². The molecule has 0 N–H and O–H groups in total. The quantitative estimate of drug-likeness (QED) is 0.207. The Kier molecular flexibility index (Phi) is 9.06. The van der Waals surface area contributed by atoms with Gasteiger partial charge in [-0.25, -0.2) is 4.39 Å². The van der Waals surface area contributed by atoms with Crippen molar-refractivity contribution in [2.75, 3.05) is 38.1 Å². The molecule has 1 saturated heterocycles. The number of likely N-dealkylation sites (N-methyl/N-ethyl adjacent to an activating group) is 1. The minimum absolute atomic E-state index is 0.000127. The zero-order valence-electron chi connectivity index (χ0n) is 25.8. The maximum atomic E-state index is 15.2. The maximum Gasteiger partial charge on any atom is 0.247 e. The number of fused-ring (bicyclic) bond motifs is 1. The van der Waals surface area contributed by atoms with E-state index in [1.54, 1.807) is 35.2 Å². The van der Waals surface area contributed by atoms with Crippen LogP contribution in [-0.2, 0) is 27.2 Å². The molecule has 0 spiro atoms. The van der Waals surface area contributed by atoms with E-state index in [2.05, 4.69) is 15.5 Å². The van der Waals surface area contributed by atoms with E-state index in [9.17, 15) is 19.2 Å². The van der Waals surface area contributed by atoms with E-state index in [-0.39, 0.29) is 53.3 Å². The number of Topliss-reactive ketones (excluding diaryl/α,β-unsaturated/α-hetero) is 2. The molecule has 6 rings (SSSR count). The van der Waals surface area contributed by atoms with E-state index in [1.807, 2.05) is 24.1 Å². The van der Waals surface area contributed by atoms with Crippen molar-refractivity contribution in [3.8, 4) is 5.69 Å². The van der Waals surface area contributed by atoms with Gasteiger partial charge in [0.15, 0.2) is 17.4 Å². The van der Waals surface area contributed by atoms with Gasteiger partial charge in [-0.05, 0) is 71.8 Å². The van der Waals surface area contributed by atoms with Gasteiger partial charge in [-0.2, -0.15) is 4.68 Å². The smallest absolute Gasteiger partial charge is 0.247 e. The van der Waals surface area contributed by atoms with Crippen LogP contribution < -0.4 is 4.90 Å². The molecule has 13 heteroatoms. The molecule has 4 aromatic rings. The second-order valence-corrected chi connectivity index (χ2v) is 12.0. The molecule has 0 bridgehead atoms. The SMILES string of the molecule is CC(=O)c1ccc(CC(=O)C2c3cccc(N4CCN(C)CC4=O)c3CCN2C(=O)/C=C/c2c(-n3cnnn3)ccc(Cl)c2F)cc1. The molecule has 3 aromatic carbocycles. The van der Waals surface area contributed by atoms with E-state index >= 15 is 4.39 Å². The van der Waals surface area contributed by atoms with E-state index in [1.165, 1.54) is 47.1 Å². The number of rotatable bonds is 8. The number of carbonyl (C=O) groups is 4. The highest BCUT2D eigenvalue weighted by Crippen LogP contribution is 2.38. The van der Waals surface area contributed by atoms with Crippen LogP contribution in [0.15, 0.2) is 67.0 Å². The number of halogens is 2. The third-order valence-corrected chi connectivity index (χ3v) is 8.82. The van der Waals surface area contributed by atoms with E-state index in [0.717, 1.165) is 11.3 Å². The summed E-state index contributed by atoms with van der Waals surface area (Å²) in [5.41, 5.74) is 3.70. The Hall–Kier alpha value is -5.07. The third kappa shape index (κ3) is 6.47. The predicted molar refractivity (Wildman–Crippen MR) is 173 cm³/mol. The summed E-state index contributed by atoms with van der Waals surface area (Å²) in [6.45, 7) is 3.15. The monoisotopic (exact) mass is 655 g/mol. The Labute approximate surface area is 275 Å². The first kappa shape index (κ1) is 31.9. The highest BCUT2D eigenvalue weighted by Gasteiger charge is 2.37. The summed E-state index contributed by atoms with van der Waals surface area (Å²) in [5, 5.41) is 10.9. The molecule has 240 valence electrons. The molecule has 2 aliphatic rings. The Morgan fingerprint density at radius 2 is 1.81 bits per heavy atom.